The summed E-state index contributed by atoms with van der Waals surface area (Å²) in [5.41, 5.74) is 4.63. The number of aromatic nitrogens is 1. The van der Waals surface area contributed by atoms with Crippen molar-refractivity contribution in [3.05, 3.63) is 59.3 Å². The van der Waals surface area contributed by atoms with E-state index in [4.69, 9.17) is 9.47 Å². The van der Waals surface area contributed by atoms with E-state index in [9.17, 15) is 4.79 Å². The molecule has 4 rings (SSSR count). The van der Waals surface area contributed by atoms with Gasteiger partial charge in [-0.2, -0.15) is 0 Å². The van der Waals surface area contributed by atoms with Gasteiger partial charge in [-0.15, -0.1) is 0 Å². The highest BCUT2D eigenvalue weighted by Crippen LogP contribution is 2.32. The van der Waals surface area contributed by atoms with Crippen molar-refractivity contribution >= 4 is 22.5 Å². The summed E-state index contributed by atoms with van der Waals surface area (Å²) in [6.07, 6.45) is 1.13. The molecule has 0 atom stereocenters. The normalized spacial score (nSPS) is 13.3. The van der Waals surface area contributed by atoms with Crippen molar-refractivity contribution < 1.29 is 14.3 Å². The molecule has 3 aromatic rings. The molecule has 1 aliphatic heterocycles. The highest BCUT2D eigenvalue weighted by Gasteiger charge is 2.15. The second-order valence-corrected chi connectivity index (χ2v) is 6.75. The van der Waals surface area contributed by atoms with E-state index >= 15 is 0 Å². The lowest BCUT2D eigenvalue weighted by Gasteiger charge is -2.13. The Balaban J connectivity index is 1.55. The Morgan fingerprint density at radius 1 is 1.07 bits per heavy atom. The molecule has 27 heavy (non-hydrogen) atoms. The fourth-order valence-corrected chi connectivity index (χ4v) is 3.44. The summed E-state index contributed by atoms with van der Waals surface area (Å²) in [6.45, 7) is 5.26. The van der Waals surface area contributed by atoms with E-state index in [1.165, 1.54) is 0 Å². The summed E-state index contributed by atoms with van der Waals surface area (Å²) >= 11 is 0. The first-order valence-electron chi connectivity index (χ1n) is 9.16. The average molecular weight is 362 g/mol. The zero-order valence-corrected chi connectivity index (χ0v) is 15.5. The minimum atomic E-state index is -0.0761. The lowest BCUT2D eigenvalue weighted by molar-refractivity contribution is -0.115. The quantitative estimate of drug-likeness (QED) is 0.759. The van der Waals surface area contributed by atoms with E-state index < -0.39 is 0 Å². The average Bonchev–Trinajstić information content (AvgIpc) is 2.90. The Morgan fingerprint density at radius 3 is 2.70 bits per heavy atom. The van der Waals surface area contributed by atoms with Crippen molar-refractivity contribution in [1.82, 2.24) is 4.98 Å². The number of rotatable bonds is 3. The predicted molar refractivity (Wildman–Crippen MR) is 106 cm³/mol. The van der Waals surface area contributed by atoms with Crippen LogP contribution >= 0.6 is 0 Å². The Bertz CT molecular complexity index is 1010. The Labute approximate surface area is 158 Å². The molecule has 5 heteroatoms. The van der Waals surface area contributed by atoms with Crippen molar-refractivity contribution in [3.63, 3.8) is 0 Å². The monoisotopic (exact) mass is 362 g/mol. The van der Waals surface area contributed by atoms with Crippen LogP contribution in [0.5, 0.6) is 11.5 Å². The van der Waals surface area contributed by atoms with Gasteiger partial charge in [-0.25, -0.2) is 0 Å². The van der Waals surface area contributed by atoms with Gasteiger partial charge in [0.2, 0.25) is 5.91 Å². The number of fused-ring (bicyclic) bond motifs is 2. The number of ether oxygens (including phenoxy) is 2. The van der Waals surface area contributed by atoms with Crippen LogP contribution in [0.25, 0.3) is 10.9 Å². The standard InChI is InChI=1S/C22H22N2O3/c1-14-17-6-3-4-7-19(17)23-15(2)18(14)13-22(25)24-16-8-9-20-21(12-16)27-11-5-10-26-20/h3-4,6-9,12H,5,10-11,13H2,1-2H3,(H,24,25). The van der Waals surface area contributed by atoms with Gasteiger partial charge in [0.15, 0.2) is 11.5 Å². The Hall–Kier alpha value is -3.08. The number of pyridine rings is 1. The number of para-hydroxylation sites is 1. The van der Waals surface area contributed by atoms with Crippen molar-refractivity contribution in [2.45, 2.75) is 26.7 Å². The van der Waals surface area contributed by atoms with Gasteiger partial charge in [0.1, 0.15) is 0 Å². The van der Waals surface area contributed by atoms with Gasteiger partial charge in [0.25, 0.3) is 0 Å². The van der Waals surface area contributed by atoms with Crippen LogP contribution in [-0.2, 0) is 11.2 Å². The molecule has 0 aliphatic carbocycles. The lowest BCUT2D eigenvalue weighted by Crippen LogP contribution is -2.16. The molecular formula is C22H22N2O3. The zero-order valence-electron chi connectivity index (χ0n) is 15.5. The third-order valence-corrected chi connectivity index (χ3v) is 4.85. The SMILES string of the molecule is Cc1nc2ccccc2c(C)c1CC(=O)Nc1ccc2c(c1)OCCCO2. The molecule has 1 amide bonds. The molecule has 0 fully saturated rings. The van der Waals surface area contributed by atoms with Crippen LogP contribution in [0, 0.1) is 13.8 Å². The number of anilines is 1. The molecule has 0 unspecified atom stereocenters. The number of benzene rings is 2. The number of nitrogens with one attached hydrogen (secondary N) is 1. The molecule has 5 nitrogen and oxygen atoms in total. The first kappa shape index (κ1) is 17.3. The number of carbonyl (C=O) groups excluding carboxylic acids is 1. The maximum absolute atomic E-state index is 12.6. The highest BCUT2D eigenvalue weighted by molar-refractivity contribution is 5.94. The van der Waals surface area contributed by atoms with Crippen molar-refractivity contribution in [2.75, 3.05) is 18.5 Å². The Kier molecular flexibility index (Phi) is 4.67. The third kappa shape index (κ3) is 3.58. The summed E-state index contributed by atoms with van der Waals surface area (Å²) in [7, 11) is 0. The number of aryl methyl sites for hydroxylation is 2. The smallest absolute Gasteiger partial charge is 0.228 e. The fraction of sp³-hybridized carbons (Fsp3) is 0.273. The summed E-state index contributed by atoms with van der Waals surface area (Å²) < 4.78 is 11.3. The van der Waals surface area contributed by atoms with Crippen molar-refractivity contribution in [2.24, 2.45) is 0 Å². The molecule has 0 spiro atoms. The molecule has 0 bridgehead atoms. The maximum Gasteiger partial charge on any atom is 0.228 e. The number of carbonyl (C=O) groups is 1. The van der Waals surface area contributed by atoms with E-state index in [-0.39, 0.29) is 12.3 Å². The lowest BCUT2D eigenvalue weighted by atomic mass is 9.99. The van der Waals surface area contributed by atoms with Crippen LogP contribution in [0.2, 0.25) is 0 Å². The zero-order chi connectivity index (χ0) is 18.8. The predicted octanol–water partition coefficient (Wildman–Crippen LogP) is 4.19. The van der Waals surface area contributed by atoms with Crippen LogP contribution in [0.3, 0.4) is 0 Å². The van der Waals surface area contributed by atoms with Gasteiger partial charge in [-0.1, -0.05) is 18.2 Å². The van der Waals surface area contributed by atoms with Gasteiger partial charge in [0.05, 0.1) is 25.2 Å². The van der Waals surface area contributed by atoms with Gasteiger partial charge in [0, 0.05) is 29.3 Å². The minimum absolute atomic E-state index is 0.0761. The molecule has 1 aromatic heterocycles. The van der Waals surface area contributed by atoms with Crippen LogP contribution in [0.4, 0.5) is 5.69 Å². The van der Waals surface area contributed by atoms with Gasteiger partial charge < -0.3 is 14.8 Å². The van der Waals surface area contributed by atoms with Crippen molar-refractivity contribution in [1.29, 1.82) is 0 Å². The molecule has 2 heterocycles. The molecular weight excluding hydrogens is 340 g/mol. The number of hydrogen-bond donors (Lipinski definition) is 1. The van der Waals surface area contributed by atoms with E-state index in [0.29, 0.717) is 24.7 Å². The number of amides is 1. The van der Waals surface area contributed by atoms with Gasteiger partial charge >= 0.3 is 0 Å². The molecule has 1 N–H and O–H groups in total. The Morgan fingerprint density at radius 2 is 1.85 bits per heavy atom. The molecule has 2 aromatic carbocycles. The van der Waals surface area contributed by atoms with E-state index in [2.05, 4.69) is 10.3 Å². The molecule has 138 valence electrons. The molecule has 0 radical (unpaired) electrons. The second kappa shape index (κ2) is 7.27. The summed E-state index contributed by atoms with van der Waals surface area (Å²) in [6, 6.07) is 13.5. The van der Waals surface area contributed by atoms with E-state index in [1.54, 1.807) is 0 Å². The van der Waals surface area contributed by atoms with Crippen LogP contribution < -0.4 is 14.8 Å². The minimum Gasteiger partial charge on any atom is -0.490 e. The summed E-state index contributed by atoms with van der Waals surface area (Å²) in [5.74, 6) is 1.31. The van der Waals surface area contributed by atoms with E-state index in [1.807, 2.05) is 56.3 Å². The number of nitrogens with zero attached hydrogens (tertiary/aromatic N) is 1. The topological polar surface area (TPSA) is 60.5 Å². The first-order chi connectivity index (χ1) is 13.1. The molecule has 1 aliphatic rings. The van der Waals surface area contributed by atoms with Crippen molar-refractivity contribution in [3.8, 4) is 11.5 Å². The third-order valence-electron chi connectivity index (χ3n) is 4.85. The molecule has 0 saturated heterocycles. The largest absolute Gasteiger partial charge is 0.490 e. The number of hydrogen-bond acceptors (Lipinski definition) is 4. The van der Waals surface area contributed by atoms with Gasteiger partial charge in [-0.05, 0) is 43.2 Å². The maximum atomic E-state index is 12.6. The fourth-order valence-electron chi connectivity index (χ4n) is 3.44. The van der Waals surface area contributed by atoms with Gasteiger partial charge in [-0.3, -0.25) is 9.78 Å². The summed E-state index contributed by atoms with van der Waals surface area (Å²) in [5, 5.41) is 4.05. The first-order valence-corrected chi connectivity index (χ1v) is 9.16. The molecule has 0 saturated carbocycles. The van der Waals surface area contributed by atoms with Crippen LogP contribution in [0.1, 0.15) is 23.2 Å². The van der Waals surface area contributed by atoms with Crippen LogP contribution in [-0.4, -0.2) is 24.1 Å². The van der Waals surface area contributed by atoms with E-state index in [0.717, 1.165) is 39.9 Å². The second-order valence-electron chi connectivity index (χ2n) is 6.75. The highest BCUT2D eigenvalue weighted by atomic mass is 16.5. The van der Waals surface area contributed by atoms with Crippen LogP contribution in [0.15, 0.2) is 42.5 Å². The summed E-state index contributed by atoms with van der Waals surface area (Å²) in [4.78, 5) is 17.3.